The number of rotatable bonds is 5. The van der Waals surface area contributed by atoms with E-state index in [0.717, 1.165) is 25.1 Å². The Kier molecular flexibility index (Phi) is 5.43. The fraction of sp³-hybridized carbons (Fsp3) is 0.619. The summed E-state index contributed by atoms with van der Waals surface area (Å²) in [4.78, 5) is 53.0. The Bertz CT molecular complexity index is 880. The lowest BCUT2D eigenvalue weighted by Crippen LogP contribution is -2.54. The van der Waals surface area contributed by atoms with Gasteiger partial charge in [-0.15, -0.1) is 0 Å². The second-order valence-electron chi connectivity index (χ2n) is 8.35. The first-order chi connectivity index (χ1) is 14.0. The second-order valence-corrected chi connectivity index (χ2v) is 8.35. The SMILES string of the molecule is CC(=O)N1C[C@H]2C[C@@H](C1)[C@H](C(=O)NCCCN1CCCC1=O)n1c2cccc1=O. The van der Waals surface area contributed by atoms with Gasteiger partial charge in [0.2, 0.25) is 17.7 Å². The van der Waals surface area contributed by atoms with E-state index < -0.39 is 6.04 Å². The number of amides is 3. The molecule has 0 radical (unpaired) electrons. The van der Waals surface area contributed by atoms with Gasteiger partial charge in [-0.05, 0) is 25.3 Å². The Hall–Kier alpha value is -2.64. The molecular formula is C21H28N4O4. The number of hydrogen-bond acceptors (Lipinski definition) is 4. The molecule has 2 bridgehead atoms. The molecule has 8 heteroatoms. The molecule has 4 rings (SSSR count). The molecular weight excluding hydrogens is 372 g/mol. The summed E-state index contributed by atoms with van der Waals surface area (Å²) in [5, 5.41) is 2.97. The van der Waals surface area contributed by atoms with Crippen molar-refractivity contribution in [2.45, 2.75) is 44.6 Å². The molecule has 0 saturated carbocycles. The predicted molar refractivity (Wildman–Crippen MR) is 106 cm³/mol. The molecule has 1 N–H and O–H groups in total. The van der Waals surface area contributed by atoms with Gasteiger partial charge in [0.1, 0.15) is 6.04 Å². The average molecular weight is 400 g/mol. The molecule has 0 unspecified atom stereocenters. The highest BCUT2D eigenvalue weighted by Gasteiger charge is 2.44. The van der Waals surface area contributed by atoms with Crippen LogP contribution in [0.1, 0.15) is 50.3 Å². The molecule has 3 atom stereocenters. The number of pyridine rings is 1. The highest BCUT2D eigenvalue weighted by Crippen LogP contribution is 2.41. The number of nitrogens with zero attached hydrogens (tertiary/aromatic N) is 3. The number of carbonyl (C=O) groups excluding carboxylic acids is 3. The first kappa shape index (κ1) is 19.7. The van der Waals surface area contributed by atoms with Crippen LogP contribution in [0.4, 0.5) is 0 Å². The summed E-state index contributed by atoms with van der Waals surface area (Å²) in [5.74, 6) is 0.00543. The lowest BCUT2D eigenvalue weighted by Gasteiger charge is -2.46. The molecule has 0 aromatic carbocycles. The number of hydrogen-bond donors (Lipinski definition) is 1. The fourth-order valence-electron chi connectivity index (χ4n) is 5.05. The van der Waals surface area contributed by atoms with E-state index in [1.54, 1.807) is 22.5 Å². The van der Waals surface area contributed by atoms with E-state index in [0.29, 0.717) is 39.0 Å². The molecule has 3 aliphatic rings. The molecule has 8 nitrogen and oxygen atoms in total. The van der Waals surface area contributed by atoms with Crippen LogP contribution in [0, 0.1) is 5.92 Å². The smallest absolute Gasteiger partial charge is 0.251 e. The van der Waals surface area contributed by atoms with Crippen LogP contribution in [0.25, 0.3) is 0 Å². The quantitative estimate of drug-likeness (QED) is 0.728. The third-order valence-electron chi connectivity index (χ3n) is 6.44. The standard InChI is InChI=1S/C21H28N4O4/c1-14(26)24-12-15-11-16(13-24)20(25-17(15)5-2-6-19(25)28)21(29)22-8-4-10-23-9-3-7-18(23)27/h2,5-6,15-16,20H,3-4,7-13H2,1H3,(H,22,29)/t15-,16+,20-/m1/s1. The summed E-state index contributed by atoms with van der Waals surface area (Å²) in [5.41, 5.74) is 0.666. The number of nitrogens with one attached hydrogen (secondary N) is 1. The molecule has 3 aliphatic heterocycles. The summed E-state index contributed by atoms with van der Waals surface area (Å²) < 4.78 is 1.63. The molecule has 4 heterocycles. The Labute approximate surface area is 169 Å². The highest BCUT2D eigenvalue weighted by atomic mass is 16.2. The number of fused-ring (bicyclic) bond motifs is 4. The van der Waals surface area contributed by atoms with Crippen LogP contribution in [0.5, 0.6) is 0 Å². The van der Waals surface area contributed by atoms with Gasteiger partial charge in [-0.2, -0.15) is 0 Å². The predicted octanol–water partition coefficient (Wildman–Crippen LogP) is 0.484. The topological polar surface area (TPSA) is 91.7 Å². The monoisotopic (exact) mass is 400 g/mol. The van der Waals surface area contributed by atoms with Gasteiger partial charge in [0.05, 0.1) is 0 Å². The van der Waals surface area contributed by atoms with Crippen LogP contribution in [0.2, 0.25) is 0 Å². The lowest BCUT2D eigenvalue weighted by atomic mass is 9.78. The summed E-state index contributed by atoms with van der Waals surface area (Å²) in [6.07, 6.45) is 3.01. The van der Waals surface area contributed by atoms with E-state index >= 15 is 0 Å². The van der Waals surface area contributed by atoms with Crippen molar-refractivity contribution in [3.8, 4) is 0 Å². The normalized spacial score (nSPS) is 25.7. The molecule has 3 amide bonds. The maximum atomic E-state index is 13.1. The van der Waals surface area contributed by atoms with E-state index in [1.165, 1.54) is 6.07 Å². The van der Waals surface area contributed by atoms with Crippen LogP contribution in [-0.4, -0.2) is 64.8 Å². The first-order valence-electron chi connectivity index (χ1n) is 10.5. The van der Waals surface area contributed by atoms with E-state index in [-0.39, 0.29) is 35.1 Å². The van der Waals surface area contributed by atoms with Gasteiger partial charge in [-0.1, -0.05) is 6.07 Å². The molecule has 0 spiro atoms. The molecule has 1 aromatic heterocycles. The van der Waals surface area contributed by atoms with Crippen molar-refractivity contribution in [2.24, 2.45) is 5.92 Å². The van der Waals surface area contributed by atoms with E-state index in [4.69, 9.17) is 0 Å². The molecule has 156 valence electrons. The summed E-state index contributed by atoms with van der Waals surface area (Å²) >= 11 is 0. The van der Waals surface area contributed by atoms with Crippen LogP contribution < -0.4 is 10.9 Å². The second kappa shape index (κ2) is 8.00. The molecule has 2 saturated heterocycles. The Balaban J connectivity index is 1.48. The van der Waals surface area contributed by atoms with Crippen LogP contribution in [0.15, 0.2) is 23.0 Å². The van der Waals surface area contributed by atoms with Gasteiger partial charge in [0.25, 0.3) is 5.56 Å². The number of piperidine rings is 1. The number of aromatic nitrogens is 1. The van der Waals surface area contributed by atoms with Crippen LogP contribution in [0.3, 0.4) is 0 Å². The van der Waals surface area contributed by atoms with Gasteiger partial charge in [0, 0.05) is 69.7 Å². The Morgan fingerprint density at radius 2 is 2.03 bits per heavy atom. The van der Waals surface area contributed by atoms with E-state index in [2.05, 4.69) is 5.32 Å². The Morgan fingerprint density at radius 3 is 2.76 bits per heavy atom. The largest absolute Gasteiger partial charge is 0.354 e. The van der Waals surface area contributed by atoms with E-state index in [9.17, 15) is 19.2 Å². The fourth-order valence-corrected chi connectivity index (χ4v) is 5.05. The molecule has 2 fully saturated rings. The van der Waals surface area contributed by atoms with Gasteiger partial charge in [-0.25, -0.2) is 0 Å². The zero-order valence-corrected chi connectivity index (χ0v) is 16.8. The summed E-state index contributed by atoms with van der Waals surface area (Å²) in [6, 6.07) is 4.51. The van der Waals surface area contributed by atoms with Crippen LogP contribution >= 0.6 is 0 Å². The van der Waals surface area contributed by atoms with Crippen molar-refractivity contribution in [2.75, 3.05) is 32.7 Å². The van der Waals surface area contributed by atoms with Crippen molar-refractivity contribution in [3.63, 3.8) is 0 Å². The maximum absolute atomic E-state index is 13.1. The van der Waals surface area contributed by atoms with Crippen molar-refractivity contribution in [1.82, 2.24) is 19.7 Å². The highest BCUT2D eigenvalue weighted by molar-refractivity contribution is 5.81. The van der Waals surface area contributed by atoms with Crippen molar-refractivity contribution in [3.05, 3.63) is 34.2 Å². The third kappa shape index (κ3) is 3.80. The zero-order valence-electron chi connectivity index (χ0n) is 16.8. The molecule has 0 aliphatic carbocycles. The number of carbonyl (C=O) groups is 3. The summed E-state index contributed by atoms with van der Waals surface area (Å²) in [7, 11) is 0. The van der Waals surface area contributed by atoms with Gasteiger partial charge in [0.15, 0.2) is 0 Å². The first-order valence-corrected chi connectivity index (χ1v) is 10.5. The van der Waals surface area contributed by atoms with Gasteiger partial charge >= 0.3 is 0 Å². The van der Waals surface area contributed by atoms with Crippen molar-refractivity contribution >= 4 is 17.7 Å². The minimum absolute atomic E-state index is 0.000802. The third-order valence-corrected chi connectivity index (χ3v) is 6.44. The van der Waals surface area contributed by atoms with Crippen molar-refractivity contribution < 1.29 is 14.4 Å². The van der Waals surface area contributed by atoms with E-state index in [1.807, 2.05) is 11.0 Å². The summed E-state index contributed by atoms with van der Waals surface area (Å²) in [6.45, 7) is 4.53. The van der Waals surface area contributed by atoms with Gasteiger partial charge < -0.3 is 15.1 Å². The Morgan fingerprint density at radius 1 is 1.21 bits per heavy atom. The molecule has 29 heavy (non-hydrogen) atoms. The number of likely N-dealkylation sites (tertiary alicyclic amines) is 2. The maximum Gasteiger partial charge on any atom is 0.251 e. The minimum Gasteiger partial charge on any atom is -0.354 e. The zero-order chi connectivity index (χ0) is 20.5. The average Bonchev–Trinajstić information content (AvgIpc) is 3.10. The molecule has 1 aromatic rings. The van der Waals surface area contributed by atoms with Crippen LogP contribution in [-0.2, 0) is 14.4 Å². The lowest BCUT2D eigenvalue weighted by molar-refractivity contribution is -0.135. The van der Waals surface area contributed by atoms with Crippen molar-refractivity contribution in [1.29, 1.82) is 0 Å². The van der Waals surface area contributed by atoms with Gasteiger partial charge in [-0.3, -0.25) is 23.7 Å². The minimum atomic E-state index is -0.606.